The highest BCUT2D eigenvalue weighted by atomic mass is 32.2. The molecule has 2 aromatic carbocycles. The monoisotopic (exact) mass is 601 g/mol. The van der Waals surface area contributed by atoms with Gasteiger partial charge in [0.15, 0.2) is 0 Å². The van der Waals surface area contributed by atoms with E-state index in [4.69, 9.17) is 9.84 Å². The number of amides is 1. The minimum absolute atomic E-state index is 0.00371. The van der Waals surface area contributed by atoms with E-state index in [9.17, 15) is 23.3 Å². The Hall–Kier alpha value is -4.27. The van der Waals surface area contributed by atoms with Crippen molar-refractivity contribution in [3.05, 3.63) is 71.9 Å². The van der Waals surface area contributed by atoms with Crippen LogP contribution in [-0.2, 0) is 24.3 Å². The zero-order valence-corrected chi connectivity index (χ0v) is 25.0. The third-order valence-corrected chi connectivity index (χ3v) is 9.77. The van der Waals surface area contributed by atoms with E-state index in [-0.39, 0.29) is 41.4 Å². The van der Waals surface area contributed by atoms with Crippen LogP contribution in [0, 0.1) is 17.2 Å². The minimum atomic E-state index is -3.85. The first-order valence-electron chi connectivity index (χ1n) is 14.6. The SMILES string of the molecule is CCOC(=O)C1CCN(S(=O)(=O)c2cccc(-c3nn(-c4ccccc4)cc3/C=C(/C#N)C(=O)N3CCCCC3)c2)CC1. The van der Waals surface area contributed by atoms with E-state index in [0.29, 0.717) is 49.4 Å². The van der Waals surface area contributed by atoms with Crippen molar-refractivity contribution in [1.82, 2.24) is 19.0 Å². The molecule has 0 atom stereocenters. The fourth-order valence-corrected chi connectivity index (χ4v) is 7.06. The summed E-state index contributed by atoms with van der Waals surface area (Å²) >= 11 is 0. The smallest absolute Gasteiger partial charge is 0.309 e. The van der Waals surface area contributed by atoms with Crippen LogP contribution in [0.15, 0.2) is 71.3 Å². The standard InChI is InChI=1S/C32H35N5O5S/c1-2-42-32(39)24-14-18-36(19-15-24)43(40,41)29-13-9-10-25(21-29)30-27(23-37(34-30)28-11-5-3-6-12-28)20-26(22-33)31(38)35-16-7-4-8-17-35/h3,5-6,9-13,20-21,23-24H,2,4,7-8,14-19H2,1H3/b26-20-. The van der Waals surface area contributed by atoms with Crippen LogP contribution < -0.4 is 0 Å². The molecule has 2 fully saturated rings. The lowest BCUT2D eigenvalue weighted by Crippen LogP contribution is -2.40. The van der Waals surface area contributed by atoms with E-state index in [1.807, 2.05) is 30.3 Å². The second-order valence-corrected chi connectivity index (χ2v) is 12.6. The van der Waals surface area contributed by atoms with Gasteiger partial charge in [0.1, 0.15) is 17.3 Å². The molecular formula is C32H35N5O5S. The van der Waals surface area contributed by atoms with E-state index >= 15 is 0 Å². The van der Waals surface area contributed by atoms with Crippen molar-refractivity contribution in [3.63, 3.8) is 0 Å². The lowest BCUT2D eigenvalue weighted by molar-refractivity contribution is -0.149. The van der Waals surface area contributed by atoms with Crippen molar-refractivity contribution in [2.45, 2.75) is 43.9 Å². The first-order chi connectivity index (χ1) is 20.8. The van der Waals surface area contributed by atoms with E-state index in [0.717, 1.165) is 24.9 Å². The quantitative estimate of drug-likeness (QED) is 0.213. The van der Waals surface area contributed by atoms with Crippen LogP contribution in [0.25, 0.3) is 23.0 Å². The zero-order chi connectivity index (χ0) is 30.4. The van der Waals surface area contributed by atoms with Gasteiger partial charge in [0.25, 0.3) is 5.91 Å². The lowest BCUT2D eigenvalue weighted by Gasteiger charge is -2.30. The molecule has 2 saturated heterocycles. The van der Waals surface area contributed by atoms with Crippen molar-refractivity contribution >= 4 is 28.0 Å². The van der Waals surface area contributed by atoms with Crippen molar-refractivity contribution < 1.29 is 22.7 Å². The third-order valence-electron chi connectivity index (χ3n) is 7.88. The highest BCUT2D eigenvalue weighted by Gasteiger charge is 2.33. The molecule has 0 aliphatic carbocycles. The number of piperidine rings is 2. The molecule has 5 rings (SSSR count). The van der Waals surface area contributed by atoms with Crippen molar-refractivity contribution in [2.75, 3.05) is 32.8 Å². The van der Waals surface area contributed by atoms with Crippen molar-refractivity contribution in [2.24, 2.45) is 5.92 Å². The van der Waals surface area contributed by atoms with Crippen LogP contribution in [0.1, 0.15) is 44.6 Å². The highest BCUT2D eigenvalue weighted by molar-refractivity contribution is 7.89. The minimum Gasteiger partial charge on any atom is -0.466 e. The molecule has 10 nitrogen and oxygen atoms in total. The second kappa shape index (κ2) is 13.4. The summed E-state index contributed by atoms with van der Waals surface area (Å²) in [5, 5.41) is 14.7. The molecule has 2 aliphatic heterocycles. The number of para-hydroxylation sites is 1. The molecule has 224 valence electrons. The van der Waals surface area contributed by atoms with Crippen molar-refractivity contribution in [3.8, 4) is 23.0 Å². The number of esters is 1. The third kappa shape index (κ3) is 6.71. The van der Waals surface area contributed by atoms with Crippen LogP contribution in [0.5, 0.6) is 0 Å². The van der Waals surface area contributed by atoms with Gasteiger partial charge in [-0.15, -0.1) is 0 Å². The number of aromatic nitrogens is 2. The molecule has 0 bridgehead atoms. The molecular weight excluding hydrogens is 566 g/mol. The average Bonchev–Trinajstić information content (AvgIpc) is 3.48. The Balaban J connectivity index is 1.48. The van der Waals surface area contributed by atoms with E-state index in [1.165, 1.54) is 4.31 Å². The number of sulfonamides is 1. The summed E-state index contributed by atoms with van der Waals surface area (Å²) < 4.78 is 35.5. The Bertz CT molecular complexity index is 1640. The number of likely N-dealkylation sites (tertiary alicyclic amines) is 1. The van der Waals surface area contributed by atoms with Crippen LogP contribution in [-0.4, -0.2) is 72.1 Å². The fraction of sp³-hybridized carbons (Fsp3) is 0.375. The number of ether oxygens (including phenoxy) is 1. The summed E-state index contributed by atoms with van der Waals surface area (Å²) in [5.41, 5.74) is 2.28. The fourth-order valence-electron chi connectivity index (χ4n) is 5.54. The van der Waals surface area contributed by atoms with Gasteiger partial charge >= 0.3 is 5.97 Å². The number of nitriles is 1. The second-order valence-electron chi connectivity index (χ2n) is 10.7. The molecule has 1 aromatic heterocycles. The molecule has 0 saturated carbocycles. The summed E-state index contributed by atoms with van der Waals surface area (Å²) in [6, 6.07) is 18.0. The molecule has 0 N–H and O–H groups in total. The Morgan fingerprint density at radius 1 is 1.02 bits per heavy atom. The summed E-state index contributed by atoms with van der Waals surface area (Å²) in [5.74, 6) is -0.911. The van der Waals surface area contributed by atoms with Crippen LogP contribution >= 0.6 is 0 Å². The summed E-state index contributed by atoms with van der Waals surface area (Å²) in [6.07, 6.45) is 6.96. The number of carbonyl (C=O) groups excluding carboxylic acids is 2. The lowest BCUT2D eigenvalue weighted by atomic mass is 9.98. The van der Waals surface area contributed by atoms with Gasteiger partial charge in [-0.05, 0) is 69.4 Å². The van der Waals surface area contributed by atoms with Gasteiger partial charge in [0.05, 0.1) is 23.1 Å². The summed E-state index contributed by atoms with van der Waals surface area (Å²) in [7, 11) is -3.85. The number of hydrogen-bond acceptors (Lipinski definition) is 7. The molecule has 0 spiro atoms. The highest BCUT2D eigenvalue weighted by Crippen LogP contribution is 2.30. The number of rotatable bonds is 8. The molecule has 2 aliphatic rings. The molecule has 11 heteroatoms. The van der Waals surface area contributed by atoms with Crippen molar-refractivity contribution in [1.29, 1.82) is 5.26 Å². The zero-order valence-electron chi connectivity index (χ0n) is 24.2. The van der Waals surface area contributed by atoms with E-state index < -0.39 is 10.0 Å². The Morgan fingerprint density at radius 2 is 1.74 bits per heavy atom. The van der Waals surface area contributed by atoms with Gasteiger partial charge < -0.3 is 9.64 Å². The maximum absolute atomic E-state index is 13.7. The van der Waals surface area contributed by atoms with Crippen LogP contribution in [0.4, 0.5) is 0 Å². The molecule has 0 radical (unpaired) electrons. The van der Waals surface area contributed by atoms with Gasteiger partial charge in [-0.3, -0.25) is 9.59 Å². The number of carbonyl (C=O) groups is 2. The maximum atomic E-state index is 13.7. The Morgan fingerprint density at radius 3 is 2.42 bits per heavy atom. The maximum Gasteiger partial charge on any atom is 0.309 e. The molecule has 1 amide bonds. The molecule has 43 heavy (non-hydrogen) atoms. The first kappa shape index (κ1) is 30.2. The van der Waals surface area contributed by atoms with Gasteiger partial charge in [-0.25, -0.2) is 13.1 Å². The first-order valence-corrected chi connectivity index (χ1v) is 16.1. The number of hydrogen-bond donors (Lipinski definition) is 0. The van der Waals surface area contributed by atoms with E-state index in [1.54, 1.807) is 53.0 Å². The molecule has 0 unspecified atom stereocenters. The normalized spacial score (nSPS) is 16.9. The predicted octanol–water partition coefficient (Wildman–Crippen LogP) is 4.42. The predicted molar refractivity (Wildman–Crippen MR) is 161 cm³/mol. The largest absolute Gasteiger partial charge is 0.466 e. The summed E-state index contributed by atoms with van der Waals surface area (Å²) in [4.78, 5) is 27.2. The van der Waals surface area contributed by atoms with Gasteiger partial charge in [0, 0.05) is 43.5 Å². The van der Waals surface area contributed by atoms with Gasteiger partial charge in [-0.1, -0.05) is 30.3 Å². The number of benzene rings is 2. The molecule has 3 aromatic rings. The Kier molecular flexibility index (Phi) is 9.38. The van der Waals surface area contributed by atoms with Gasteiger partial charge in [0.2, 0.25) is 10.0 Å². The topological polar surface area (TPSA) is 126 Å². The number of nitrogens with zero attached hydrogens (tertiary/aromatic N) is 5. The van der Waals surface area contributed by atoms with Crippen LogP contribution in [0.3, 0.4) is 0 Å². The van der Waals surface area contributed by atoms with Gasteiger partial charge in [-0.2, -0.15) is 14.7 Å². The van der Waals surface area contributed by atoms with E-state index in [2.05, 4.69) is 6.07 Å². The summed E-state index contributed by atoms with van der Waals surface area (Å²) in [6.45, 7) is 3.72. The average molecular weight is 602 g/mol. The van der Waals surface area contributed by atoms with Crippen LogP contribution in [0.2, 0.25) is 0 Å². The Labute approximate surface area is 252 Å². The molecule has 3 heterocycles.